The smallest absolute Gasteiger partial charge is 0.230 e. The first-order chi connectivity index (χ1) is 12.7. The van der Waals surface area contributed by atoms with Crippen LogP contribution in [0.2, 0.25) is 0 Å². The maximum Gasteiger partial charge on any atom is 0.230 e. The van der Waals surface area contributed by atoms with Crippen molar-refractivity contribution in [2.24, 2.45) is 0 Å². The van der Waals surface area contributed by atoms with Crippen LogP contribution in [-0.2, 0) is 11.3 Å². The summed E-state index contributed by atoms with van der Waals surface area (Å²) >= 11 is 1.27. The minimum absolute atomic E-state index is 0.0877. The molecule has 26 heavy (non-hydrogen) atoms. The number of rotatable bonds is 8. The Labute approximate surface area is 154 Å². The molecule has 0 fully saturated rings. The number of furan rings is 1. The molecule has 2 aromatic heterocycles. The SMILES string of the molecule is COc1cccc(CNC(=O)CSc2n[nH]c(C=Cc3ccco3)n2)c1. The number of hydrogen-bond donors (Lipinski definition) is 2. The Kier molecular flexibility index (Phi) is 6.10. The Bertz CT molecular complexity index is 874. The highest BCUT2D eigenvalue weighted by Gasteiger charge is 2.07. The molecule has 0 aliphatic heterocycles. The zero-order chi connectivity index (χ0) is 18.2. The predicted octanol–water partition coefficient (Wildman–Crippen LogP) is 2.99. The predicted molar refractivity (Wildman–Crippen MR) is 99.6 cm³/mol. The van der Waals surface area contributed by atoms with E-state index in [1.165, 1.54) is 11.8 Å². The lowest BCUT2D eigenvalue weighted by Gasteiger charge is -2.06. The standard InChI is InChI=1S/C18H18N4O3S/c1-24-15-5-2-4-13(10-15)11-19-17(23)12-26-18-20-16(21-22-18)8-7-14-6-3-9-25-14/h2-10H,11-12H2,1H3,(H,19,23)(H,20,21,22). The Morgan fingerprint density at radius 1 is 1.35 bits per heavy atom. The molecule has 3 rings (SSSR count). The van der Waals surface area contributed by atoms with Crippen LogP contribution in [0.3, 0.4) is 0 Å². The quantitative estimate of drug-likeness (QED) is 0.592. The maximum atomic E-state index is 12.0. The third-order valence-electron chi connectivity index (χ3n) is 3.39. The highest BCUT2D eigenvalue weighted by atomic mass is 32.2. The molecular weight excluding hydrogens is 352 g/mol. The van der Waals surface area contributed by atoms with Crippen LogP contribution in [0.1, 0.15) is 17.1 Å². The molecule has 0 atom stereocenters. The number of benzene rings is 1. The van der Waals surface area contributed by atoms with Gasteiger partial charge in [-0.05, 0) is 42.0 Å². The summed E-state index contributed by atoms with van der Waals surface area (Å²) in [6, 6.07) is 11.2. The molecular formula is C18H18N4O3S. The summed E-state index contributed by atoms with van der Waals surface area (Å²) < 4.78 is 10.4. The number of aromatic amines is 1. The molecule has 0 saturated carbocycles. The average molecular weight is 370 g/mol. The van der Waals surface area contributed by atoms with E-state index in [-0.39, 0.29) is 11.7 Å². The lowest BCUT2D eigenvalue weighted by atomic mass is 10.2. The van der Waals surface area contributed by atoms with Crippen molar-refractivity contribution in [1.82, 2.24) is 20.5 Å². The second-order valence-electron chi connectivity index (χ2n) is 5.27. The van der Waals surface area contributed by atoms with Gasteiger partial charge < -0.3 is 14.5 Å². The van der Waals surface area contributed by atoms with Gasteiger partial charge in [0, 0.05) is 6.54 Å². The second-order valence-corrected chi connectivity index (χ2v) is 6.21. The van der Waals surface area contributed by atoms with Crippen molar-refractivity contribution in [3.8, 4) is 5.75 Å². The summed E-state index contributed by atoms with van der Waals surface area (Å²) in [5.74, 6) is 2.24. The van der Waals surface area contributed by atoms with E-state index < -0.39 is 0 Å². The van der Waals surface area contributed by atoms with Crippen molar-refractivity contribution in [1.29, 1.82) is 0 Å². The fourth-order valence-electron chi connectivity index (χ4n) is 2.11. The fraction of sp³-hybridized carbons (Fsp3) is 0.167. The van der Waals surface area contributed by atoms with E-state index >= 15 is 0 Å². The van der Waals surface area contributed by atoms with Gasteiger partial charge >= 0.3 is 0 Å². The second kappa shape index (κ2) is 8.91. The summed E-state index contributed by atoms with van der Waals surface area (Å²) in [6.45, 7) is 0.446. The number of H-pyrrole nitrogens is 1. The summed E-state index contributed by atoms with van der Waals surface area (Å²) in [7, 11) is 1.61. The number of methoxy groups -OCH3 is 1. The highest BCUT2D eigenvalue weighted by Crippen LogP contribution is 2.14. The van der Waals surface area contributed by atoms with E-state index in [0.717, 1.165) is 17.1 Å². The van der Waals surface area contributed by atoms with Crippen molar-refractivity contribution in [3.05, 3.63) is 59.8 Å². The van der Waals surface area contributed by atoms with Gasteiger partial charge in [0.05, 0.1) is 19.1 Å². The van der Waals surface area contributed by atoms with Gasteiger partial charge in [0.25, 0.3) is 0 Å². The van der Waals surface area contributed by atoms with Crippen LogP contribution in [0, 0.1) is 0 Å². The first-order valence-electron chi connectivity index (χ1n) is 7.89. The number of ether oxygens (including phenoxy) is 1. The van der Waals surface area contributed by atoms with Crippen LogP contribution in [0.25, 0.3) is 12.2 Å². The molecule has 8 heteroatoms. The van der Waals surface area contributed by atoms with Gasteiger partial charge in [0.15, 0.2) is 0 Å². The van der Waals surface area contributed by atoms with Crippen molar-refractivity contribution >= 4 is 29.8 Å². The molecule has 1 aromatic carbocycles. The number of nitrogens with zero attached hydrogens (tertiary/aromatic N) is 2. The number of thioether (sulfide) groups is 1. The zero-order valence-corrected chi connectivity index (χ0v) is 15.0. The summed E-state index contributed by atoms with van der Waals surface area (Å²) in [5, 5.41) is 10.3. The van der Waals surface area contributed by atoms with Crippen LogP contribution in [0.15, 0.2) is 52.2 Å². The zero-order valence-electron chi connectivity index (χ0n) is 14.1. The molecule has 0 radical (unpaired) electrons. The number of carbonyl (C=O) groups is 1. The number of nitrogens with one attached hydrogen (secondary N) is 2. The fourth-order valence-corrected chi connectivity index (χ4v) is 2.74. The average Bonchev–Trinajstić information content (AvgIpc) is 3.35. The summed E-state index contributed by atoms with van der Waals surface area (Å²) in [5.41, 5.74) is 0.978. The summed E-state index contributed by atoms with van der Waals surface area (Å²) in [6.07, 6.45) is 5.15. The van der Waals surface area contributed by atoms with E-state index in [2.05, 4.69) is 20.5 Å². The van der Waals surface area contributed by atoms with Crippen LogP contribution in [0.5, 0.6) is 5.75 Å². The lowest BCUT2D eigenvalue weighted by Crippen LogP contribution is -2.24. The number of hydrogen-bond acceptors (Lipinski definition) is 6. The molecule has 0 aliphatic carbocycles. The summed E-state index contributed by atoms with van der Waals surface area (Å²) in [4.78, 5) is 16.3. The number of amides is 1. The van der Waals surface area contributed by atoms with Crippen LogP contribution < -0.4 is 10.1 Å². The third-order valence-corrected chi connectivity index (χ3v) is 4.23. The Hall–Kier alpha value is -3.00. The van der Waals surface area contributed by atoms with E-state index in [4.69, 9.17) is 9.15 Å². The first kappa shape index (κ1) is 17.8. The minimum Gasteiger partial charge on any atom is -0.497 e. The van der Waals surface area contributed by atoms with Gasteiger partial charge in [-0.25, -0.2) is 4.98 Å². The molecule has 134 valence electrons. The monoisotopic (exact) mass is 370 g/mol. The number of carbonyl (C=O) groups excluding carboxylic acids is 1. The Morgan fingerprint density at radius 2 is 2.27 bits per heavy atom. The molecule has 2 N–H and O–H groups in total. The molecule has 3 aromatic rings. The van der Waals surface area contributed by atoms with Crippen LogP contribution >= 0.6 is 11.8 Å². The van der Waals surface area contributed by atoms with Gasteiger partial charge in [0.1, 0.15) is 17.3 Å². The first-order valence-corrected chi connectivity index (χ1v) is 8.88. The topological polar surface area (TPSA) is 93.0 Å². The largest absolute Gasteiger partial charge is 0.497 e. The van der Waals surface area contributed by atoms with E-state index in [1.807, 2.05) is 36.4 Å². The third kappa shape index (κ3) is 5.25. The van der Waals surface area contributed by atoms with Crippen molar-refractivity contribution < 1.29 is 13.9 Å². The molecule has 0 bridgehead atoms. The van der Waals surface area contributed by atoms with Gasteiger partial charge in [-0.2, -0.15) is 0 Å². The highest BCUT2D eigenvalue weighted by molar-refractivity contribution is 7.99. The lowest BCUT2D eigenvalue weighted by molar-refractivity contribution is -0.118. The van der Waals surface area contributed by atoms with E-state index in [0.29, 0.717) is 17.5 Å². The Morgan fingerprint density at radius 3 is 3.08 bits per heavy atom. The molecule has 0 aliphatic rings. The van der Waals surface area contributed by atoms with Gasteiger partial charge in [-0.1, -0.05) is 23.9 Å². The van der Waals surface area contributed by atoms with Gasteiger partial charge in [-0.3, -0.25) is 9.89 Å². The molecule has 7 nitrogen and oxygen atoms in total. The van der Waals surface area contributed by atoms with E-state index in [9.17, 15) is 4.79 Å². The van der Waals surface area contributed by atoms with E-state index in [1.54, 1.807) is 25.5 Å². The van der Waals surface area contributed by atoms with Gasteiger partial charge in [-0.15, -0.1) is 5.10 Å². The van der Waals surface area contributed by atoms with Gasteiger partial charge in [0.2, 0.25) is 11.1 Å². The minimum atomic E-state index is -0.0877. The molecule has 1 amide bonds. The maximum absolute atomic E-state index is 12.0. The van der Waals surface area contributed by atoms with Crippen molar-refractivity contribution in [2.75, 3.05) is 12.9 Å². The van der Waals surface area contributed by atoms with Crippen LogP contribution in [-0.4, -0.2) is 34.0 Å². The van der Waals surface area contributed by atoms with Crippen molar-refractivity contribution in [3.63, 3.8) is 0 Å². The number of aromatic nitrogens is 3. The molecule has 0 saturated heterocycles. The molecule has 0 unspecified atom stereocenters. The molecule has 0 spiro atoms. The normalized spacial score (nSPS) is 11.0. The van der Waals surface area contributed by atoms with Crippen molar-refractivity contribution in [2.45, 2.75) is 11.7 Å². The Balaban J connectivity index is 1.44. The molecule has 2 heterocycles. The van der Waals surface area contributed by atoms with Crippen LogP contribution in [0.4, 0.5) is 0 Å².